The van der Waals surface area contributed by atoms with Gasteiger partial charge < -0.3 is 29.1 Å². The molecule has 10 nitrogen and oxygen atoms in total. The molecular weight excluding hydrogens is 509 g/mol. The minimum Gasteiger partial charge on any atom is -0.452 e. The molecule has 0 radical (unpaired) electrons. The Hall–Kier alpha value is -3.97. The SMILES string of the molecule is Cc1ccc(CN2c3c(n(C)c(=O)[nH]c3=O)N(CCOCCO)C2Oc2cccc(OC(F)(F)F)c2)cc1. The number of nitrogens with one attached hydrogen (secondary N) is 1. The van der Waals surface area contributed by atoms with Gasteiger partial charge in [0.15, 0.2) is 0 Å². The van der Waals surface area contributed by atoms with Gasteiger partial charge in [0.1, 0.15) is 23.0 Å². The fraction of sp³-hybridized carbons (Fsp3) is 0.360. The number of hydrogen-bond acceptors (Lipinski definition) is 8. The summed E-state index contributed by atoms with van der Waals surface area (Å²) in [6.07, 6.45) is -5.93. The summed E-state index contributed by atoms with van der Waals surface area (Å²) in [7, 11) is 1.49. The number of halogens is 3. The van der Waals surface area contributed by atoms with Crippen molar-refractivity contribution in [1.29, 1.82) is 0 Å². The molecule has 0 saturated carbocycles. The summed E-state index contributed by atoms with van der Waals surface area (Å²) in [4.78, 5) is 31.1. The van der Waals surface area contributed by atoms with Crippen molar-refractivity contribution in [2.75, 3.05) is 36.2 Å². The van der Waals surface area contributed by atoms with E-state index in [0.717, 1.165) is 23.3 Å². The van der Waals surface area contributed by atoms with Gasteiger partial charge in [-0.25, -0.2) is 4.79 Å². The van der Waals surface area contributed by atoms with E-state index in [1.165, 1.54) is 23.7 Å². The molecule has 1 aliphatic rings. The largest absolute Gasteiger partial charge is 0.573 e. The molecule has 0 bridgehead atoms. The summed E-state index contributed by atoms with van der Waals surface area (Å²) in [5.41, 5.74) is 0.731. The van der Waals surface area contributed by atoms with Crippen LogP contribution in [0, 0.1) is 6.92 Å². The summed E-state index contributed by atoms with van der Waals surface area (Å²) in [5.74, 6) is -0.175. The van der Waals surface area contributed by atoms with Crippen LogP contribution in [-0.4, -0.2) is 53.7 Å². The lowest BCUT2D eigenvalue weighted by Gasteiger charge is -2.32. The molecule has 1 aromatic heterocycles. The van der Waals surface area contributed by atoms with Crippen molar-refractivity contribution in [3.63, 3.8) is 0 Å². The lowest BCUT2D eigenvalue weighted by Crippen LogP contribution is -2.49. The Bertz CT molecular complexity index is 1370. The number of benzene rings is 2. The van der Waals surface area contributed by atoms with Crippen molar-refractivity contribution in [3.8, 4) is 11.5 Å². The van der Waals surface area contributed by atoms with Gasteiger partial charge in [0, 0.05) is 26.2 Å². The Kier molecular flexibility index (Phi) is 7.97. The second-order valence-corrected chi connectivity index (χ2v) is 8.60. The summed E-state index contributed by atoms with van der Waals surface area (Å²) in [6.45, 7) is 2.25. The number of hydrogen-bond donors (Lipinski definition) is 2. The monoisotopic (exact) mass is 536 g/mol. The highest BCUT2D eigenvalue weighted by molar-refractivity contribution is 5.73. The quantitative estimate of drug-likeness (QED) is 0.381. The third kappa shape index (κ3) is 6.11. The molecule has 1 unspecified atom stereocenters. The molecule has 38 heavy (non-hydrogen) atoms. The number of H-pyrrole nitrogens is 1. The van der Waals surface area contributed by atoms with Gasteiger partial charge in [-0.05, 0) is 24.6 Å². The minimum atomic E-state index is -4.89. The number of aliphatic hydroxyl groups is 1. The predicted octanol–water partition coefficient (Wildman–Crippen LogP) is 2.48. The molecule has 2 heterocycles. The van der Waals surface area contributed by atoms with Gasteiger partial charge in [0.2, 0.25) is 0 Å². The first-order valence-electron chi connectivity index (χ1n) is 11.7. The van der Waals surface area contributed by atoms with Gasteiger partial charge in [-0.2, -0.15) is 0 Å². The Balaban J connectivity index is 1.77. The van der Waals surface area contributed by atoms with Crippen LogP contribution in [0.15, 0.2) is 58.1 Å². The zero-order valence-corrected chi connectivity index (χ0v) is 20.7. The number of alkyl halides is 3. The average molecular weight is 537 g/mol. The lowest BCUT2D eigenvalue weighted by atomic mass is 10.1. The maximum absolute atomic E-state index is 13.1. The highest BCUT2D eigenvalue weighted by Crippen LogP contribution is 2.38. The number of rotatable bonds is 10. The van der Waals surface area contributed by atoms with Gasteiger partial charge in [0.25, 0.3) is 11.9 Å². The number of fused-ring (bicyclic) bond motifs is 1. The van der Waals surface area contributed by atoms with Crippen LogP contribution < -0.4 is 30.5 Å². The summed E-state index contributed by atoms with van der Waals surface area (Å²) < 4.78 is 55.3. The predicted molar refractivity (Wildman–Crippen MR) is 132 cm³/mol. The van der Waals surface area contributed by atoms with Crippen LogP contribution in [0.5, 0.6) is 11.5 Å². The van der Waals surface area contributed by atoms with Gasteiger partial charge in [-0.15, -0.1) is 13.2 Å². The topological polar surface area (TPSA) is 109 Å². The summed E-state index contributed by atoms with van der Waals surface area (Å²) >= 11 is 0. The molecule has 1 aliphatic heterocycles. The molecule has 0 spiro atoms. The smallest absolute Gasteiger partial charge is 0.452 e. The van der Waals surface area contributed by atoms with E-state index in [4.69, 9.17) is 14.6 Å². The Morgan fingerprint density at radius 3 is 2.42 bits per heavy atom. The number of aryl methyl sites for hydroxylation is 1. The molecule has 0 aliphatic carbocycles. The number of anilines is 2. The zero-order chi connectivity index (χ0) is 27.4. The molecule has 3 aromatic rings. The van der Waals surface area contributed by atoms with Gasteiger partial charge >= 0.3 is 12.1 Å². The highest BCUT2D eigenvalue weighted by atomic mass is 19.4. The third-order valence-corrected chi connectivity index (χ3v) is 5.83. The standard InChI is InChI=1S/C25H27F3N4O6/c1-16-6-8-17(9-7-16)15-32-20-21(34)29-23(35)30(2)22(20)31(10-12-36-13-11-33)24(32)37-18-4-3-5-19(14-18)38-25(26,27)28/h3-9,14,24,33H,10-13,15H2,1-2H3,(H,29,34,35). The van der Waals surface area contributed by atoms with Crippen LogP contribution in [0.4, 0.5) is 24.7 Å². The molecule has 0 saturated heterocycles. The van der Waals surface area contributed by atoms with E-state index in [-0.39, 0.29) is 50.2 Å². The van der Waals surface area contributed by atoms with Gasteiger partial charge in [-0.3, -0.25) is 14.3 Å². The fourth-order valence-electron chi connectivity index (χ4n) is 4.15. The Labute approximate surface area is 215 Å². The number of aromatic nitrogens is 2. The summed E-state index contributed by atoms with van der Waals surface area (Å²) in [5, 5.41) is 9.06. The molecule has 13 heteroatoms. The summed E-state index contributed by atoms with van der Waals surface area (Å²) in [6, 6.07) is 12.6. The number of ether oxygens (including phenoxy) is 3. The maximum Gasteiger partial charge on any atom is 0.573 e. The molecule has 204 valence electrons. The average Bonchev–Trinajstić information content (AvgIpc) is 3.14. The van der Waals surface area contributed by atoms with E-state index < -0.39 is 29.7 Å². The van der Waals surface area contributed by atoms with E-state index in [0.29, 0.717) is 0 Å². The van der Waals surface area contributed by atoms with Crippen molar-refractivity contribution in [2.45, 2.75) is 26.2 Å². The van der Waals surface area contributed by atoms with Crippen LogP contribution in [0.3, 0.4) is 0 Å². The second kappa shape index (κ2) is 11.2. The van der Waals surface area contributed by atoms with Crippen molar-refractivity contribution >= 4 is 11.5 Å². The third-order valence-electron chi connectivity index (χ3n) is 5.83. The van der Waals surface area contributed by atoms with E-state index >= 15 is 0 Å². The second-order valence-electron chi connectivity index (χ2n) is 8.60. The fourth-order valence-corrected chi connectivity index (χ4v) is 4.15. The molecule has 1 atom stereocenters. The Morgan fingerprint density at radius 2 is 1.74 bits per heavy atom. The first kappa shape index (κ1) is 27.1. The number of aromatic amines is 1. The first-order valence-corrected chi connectivity index (χ1v) is 11.7. The molecule has 0 fully saturated rings. The van der Waals surface area contributed by atoms with Crippen molar-refractivity contribution in [3.05, 3.63) is 80.5 Å². The molecule has 2 N–H and O–H groups in total. The van der Waals surface area contributed by atoms with E-state index in [1.54, 1.807) is 9.80 Å². The van der Waals surface area contributed by atoms with Crippen LogP contribution in [0.25, 0.3) is 0 Å². The maximum atomic E-state index is 13.1. The highest BCUT2D eigenvalue weighted by Gasteiger charge is 2.42. The Morgan fingerprint density at radius 1 is 1.03 bits per heavy atom. The molecular formula is C25H27F3N4O6. The number of nitrogens with zero attached hydrogens (tertiary/aromatic N) is 3. The molecule has 2 aromatic carbocycles. The zero-order valence-electron chi connectivity index (χ0n) is 20.7. The van der Waals surface area contributed by atoms with Crippen LogP contribution >= 0.6 is 0 Å². The van der Waals surface area contributed by atoms with Gasteiger partial charge in [0.05, 0.1) is 19.8 Å². The first-order chi connectivity index (χ1) is 18.1. The lowest BCUT2D eigenvalue weighted by molar-refractivity contribution is -0.274. The van der Waals surface area contributed by atoms with Crippen molar-refractivity contribution in [1.82, 2.24) is 9.55 Å². The van der Waals surface area contributed by atoms with E-state index in [2.05, 4.69) is 9.72 Å². The van der Waals surface area contributed by atoms with Gasteiger partial charge in [-0.1, -0.05) is 35.9 Å². The normalized spacial score (nSPS) is 15.1. The molecule has 0 amide bonds. The van der Waals surface area contributed by atoms with E-state index in [1.807, 2.05) is 31.2 Å². The van der Waals surface area contributed by atoms with Crippen LogP contribution in [0.2, 0.25) is 0 Å². The molecule has 4 rings (SSSR count). The van der Waals surface area contributed by atoms with Crippen molar-refractivity contribution < 1.29 is 32.5 Å². The minimum absolute atomic E-state index is 0.0427. The van der Waals surface area contributed by atoms with E-state index in [9.17, 15) is 22.8 Å². The van der Waals surface area contributed by atoms with Crippen LogP contribution in [-0.2, 0) is 18.3 Å². The van der Waals surface area contributed by atoms with Crippen molar-refractivity contribution in [2.24, 2.45) is 7.05 Å². The number of aliphatic hydroxyl groups excluding tert-OH is 1. The van der Waals surface area contributed by atoms with Crippen LogP contribution in [0.1, 0.15) is 11.1 Å².